The van der Waals surface area contributed by atoms with Gasteiger partial charge in [-0.15, -0.1) is 0 Å². The lowest BCUT2D eigenvalue weighted by Crippen LogP contribution is -2.27. The first kappa shape index (κ1) is 12.2. The van der Waals surface area contributed by atoms with Crippen molar-refractivity contribution in [3.05, 3.63) is 42.6 Å². The summed E-state index contributed by atoms with van der Waals surface area (Å²) in [7, 11) is 0. The van der Waals surface area contributed by atoms with Crippen molar-refractivity contribution in [1.82, 2.24) is 25.1 Å². The molecule has 0 bridgehead atoms. The normalized spacial score (nSPS) is 10.8. The smallest absolute Gasteiger partial charge is 0.272 e. The number of aromatic nitrogens is 4. The fourth-order valence-corrected chi connectivity index (χ4v) is 2.01. The zero-order chi connectivity index (χ0) is 13.9. The molecule has 2 heterocycles. The van der Waals surface area contributed by atoms with Gasteiger partial charge in [-0.1, -0.05) is 0 Å². The number of rotatable bonds is 4. The third-order valence-corrected chi connectivity index (χ3v) is 3.02. The molecule has 0 aliphatic heterocycles. The topological polar surface area (TPSA) is 102 Å². The number of nitrogens with one attached hydrogen (secondary N) is 2. The van der Waals surface area contributed by atoms with E-state index in [-0.39, 0.29) is 5.91 Å². The molecule has 3 rings (SSSR count). The van der Waals surface area contributed by atoms with Gasteiger partial charge >= 0.3 is 0 Å². The Morgan fingerprint density at radius 3 is 3.15 bits per heavy atom. The van der Waals surface area contributed by atoms with Crippen LogP contribution in [0.25, 0.3) is 10.9 Å². The number of amides is 1. The number of fused-ring (bicyclic) bond motifs is 1. The van der Waals surface area contributed by atoms with Crippen LogP contribution in [0.5, 0.6) is 0 Å². The van der Waals surface area contributed by atoms with Crippen LogP contribution in [0, 0.1) is 0 Å². The molecule has 4 N–H and O–H groups in total. The van der Waals surface area contributed by atoms with Crippen molar-refractivity contribution >= 4 is 22.5 Å². The van der Waals surface area contributed by atoms with Crippen molar-refractivity contribution < 1.29 is 4.79 Å². The molecular formula is C13H14N6O. The number of benzene rings is 1. The quantitative estimate of drug-likeness (QED) is 0.609. The minimum Gasteiger partial charge on any atom is -0.399 e. The number of hydrogen-bond acceptors (Lipinski definition) is 4. The Bertz CT molecular complexity index is 730. The molecular weight excluding hydrogens is 256 g/mol. The molecule has 7 nitrogen and oxygen atoms in total. The maximum atomic E-state index is 12.1. The van der Waals surface area contributed by atoms with E-state index in [9.17, 15) is 4.79 Å². The third kappa shape index (κ3) is 2.33. The first-order chi connectivity index (χ1) is 9.74. The predicted octanol–water partition coefficient (Wildman–Crippen LogP) is 0.772. The summed E-state index contributed by atoms with van der Waals surface area (Å²) in [4.78, 5) is 16.0. The van der Waals surface area contributed by atoms with Gasteiger partial charge in [0.2, 0.25) is 0 Å². The van der Waals surface area contributed by atoms with Crippen molar-refractivity contribution in [2.24, 2.45) is 0 Å². The Morgan fingerprint density at radius 1 is 1.45 bits per heavy atom. The molecule has 1 amide bonds. The SMILES string of the molecule is Nc1ccc2[nH]nc(C(=O)NCCn3ccnc3)c2c1. The highest BCUT2D eigenvalue weighted by Crippen LogP contribution is 2.18. The zero-order valence-electron chi connectivity index (χ0n) is 10.7. The molecule has 3 aromatic rings. The van der Waals surface area contributed by atoms with Crippen LogP contribution < -0.4 is 11.1 Å². The van der Waals surface area contributed by atoms with Crippen LogP contribution >= 0.6 is 0 Å². The minimum atomic E-state index is -0.220. The van der Waals surface area contributed by atoms with Gasteiger partial charge in [-0.05, 0) is 18.2 Å². The van der Waals surface area contributed by atoms with Gasteiger partial charge < -0.3 is 15.6 Å². The average Bonchev–Trinajstić information content (AvgIpc) is 3.07. The van der Waals surface area contributed by atoms with E-state index in [2.05, 4.69) is 20.5 Å². The van der Waals surface area contributed by atoms with E-state index >= 15 is 0 Å². The fourth-order valence-electron chi connectivity index (χ4n) is 2.01. The van der Waals surface area contributed by atoms with E-state index in [0.717, 1.165) is 10.9 Å². The molecule has 0 atom stereocenters. The Hall–Kier alpha value is -2.83. The molecule has 0 aliphatic carbocycles. The van der Waals surface area contributed by atoms with Gasteiger partial charge in [-0.2, -0.15) is 5.10 Å². The first-order valence-corrected chi connectivity index (χ1v) is 6.21. The molecule has 0 saturated heterocycles. The van der Waals surface area contributed by atoms with E-state index in [4.69, 9.17) is 5.73 Å². The lowest BCUT2D eigenvalue weighted by Gasteiger charge is -2.04. The number of carbonyl (C=O) groups is 1. The summed E-state index contributed by atoms with van der Waals surface area (Å²) in [6.07, 6.45) is 5.25. The van der Waals surface area contributed by atoms with Crippen molar-refractivity contribution in [3.63, 3.8) is 0 Å². The first-order valence-electron chi connectivity index (χ1n) is 6.21. The number of anilines is 1. The van der Waals surface area contributed by atoms with Gasteiger partial charge in [0, 0.05) is 36.6 Å². The summed E-state index contributed by atoms with van der Waals surface area (Å²) in [5, 5.41) is 10.4. The van der Waals surface area contributed by atoms with Gasteiger partial charge in [0.1, 0.15) is 0 Å². The molecule has 0 unspecified atom stereocenters. The molecule has 20 heavy (non-hydrogen) atoms. The summed E-state index contributed by atoms with van der Waals surface area (Å²) < 4.78 is 1.89. The highest BCUT2D eigenvalue weighted by atomic mass is 16.1. The average molecular weight is 270 g/mol. The second-order valence-electron chi connectivity index (χ2n) is 4.43. The predicted molar refractivity (Wildman–Crippen MR) is 75.1 cm³/mol. The number of imidazole rings is 1. The van der Waals surface area contributed by atoms with Crippen LogP contribution in [-0.4, -0.2) is 32.2 Å². The molecule has 0 fully saturated rings. The van der Waals surface area contributed by atoms with Crippen molar-refractivity contribution in [2.75, 3.05) is 12.3 Å². The lowest BCUT2D eigenvalue weighted by atomic mass is 10.2. The van der Waals surface area contributed by atoms with Crippen LogP contribution in [0.15, 0.2) is 36.9 Å². The van der Waals surface area contributed by atoms with Crippen LogP contribution in [0.1, 0.15) is 10.5 Å². The highest BCUT2D eigenvalue weighted by Gasteiger charge is 2.13. The molecule has 0 saturated carbocycles. The second kappa shape index (κ2) is 5.04. The van der Waals surface area contributed by atoms with E-state index in [1.807, 2.05) is 10.8 Å². The summed E-state index contributed by atoms with van der Waals surface area (Å²) in [6, 6.07) is 5.31. The summed E-state index contributed by atoms with van der Waals surface area (Å²) in [5.74, 6) is -0.220. The number of aromatic amines is 1. The van der Waals surface area contributed by atoms with Crippen LogP contribution in [-0.2, 0) is 6.54 Å². The van der Waals surface area contributed by atoms with Gasteiger partial charge in [-0.25, -0.2) is 4.98 Å². The number of H-pyrrole nitrogens is 1. The van der Waals surface area contributed by atoms with Gasteiger partial charge in [0.25, 0.3) is 5.91 Å². The van der Waals surface area contributed by atoms with Gasteiger partial charge in [0.15, 0.2) is 5.69 Å². The third-order valence-electron chi connectivity index (χ3n) is 3.02. The fraction of sp³-hybridized carbons (Fsp3) is 0.154. The largest absolute Gasteiger partial charge is 0.399 e. The van der Waals surface area contributed by atoms with E-state index in [0.29, 0.717) is 24.5 Å². The minimum absolute atomic E-state index is 0.220. The molecule has 0 radical (unpaired) electrons. The van der Waals surface area contributed by atoms with Crippen LogP contribution in [0.2, 0.25) is 0 Å². The lowest BCUT2D eigenvalue weighted by molar-refractivity contribution is 0.0949. The van der Waals surface area contributed by atoms with E-state index in [1.165, 1.54) is 0 Å². The van der Waals surface area contributed by atoms with Gasteiger partial charge in [-0.3, -0.25) is 9.89 Å². The van der Waals surface area contributed by atoms with E-state index < -0.39 is 0 Å². The molecule has 0 aliphatic rings. The van der Waals surface area contributed by atoms with Crippen LogP contribution in [0.4, 0.5) is 5.69 Å². The van der Waals surface area contributed by atoms with Crippen molar-refractivity contribution in [1.29, 1.82) is 0 Å². The Kier molecular flexibility index (Phi) is 3.08. The number of nitrogens with two attached hydrogens (primary N) is 1. The highest BCUT2D eigenvalue weighted by molar-refractivity contribution is 6.05. The molecule has 102 valence electrons. The molecule has 2 aromatic heterocycles. The van der Waals surface area contributed by atoms with Crippen molar-refractivity contribution in [2.45, 2.75) is 6.54 Å². The zero-order valence-corrected chi connectivity index (χ0v) is 10.7. The second-order valence-corrected chi connectivity index (χ2v) is 4.43. The van der Waals surface area contributed by atoms with E-state index in [1.54, 1.807) is 30.7 Å². The molecule has 7 heteroatoms. The Labute approximate surface area is 114 Å². The van der Waals surface area contributed by atoms with Crippen LogP contribution in [0.3, 0.4) is 0 Å². The number of hydrogen-bond donors (Lipinski definition) is 3. The maximum Gasteiger partial charge on any atom is 0.272 e. The number of nitrogens with zero attached hydrogens (tertiary/aromatic N) is 3. The monoisotopic (exact) mass is 270 g/mol. The van der Waals surface area contributed by atoms with Gasteiger partial charge in [0.05, 0.1) is 11.8 Å². The summed E-state index contributed by atoms with van der Waals surface area (Å²) in [5.41, 5.74) is 7.49. The standard InChI is InChI=1S/C13H14N6O/c14-9-1-2-11-10(7-9)12(18-17-11)13(20)16-4-6-19-5-3-15-8-19/h1-3,5,7-8H,4,6,14H2,(H,16,20)(H,17,18). The number of nitrogen functional groups attached to an aromatic ring is 1. The summed E-state index contributed by atoms with van der Waals surface area (Å²) >= 11 is 0. The van der Waals surface area contributed by atoms with Crippen molar-refractivity contribution in [3.8, 4) is 0 Å². The maximum absolute atomic E-state index is 12.1. The molecule has 0 spiro atoms. The molecule has 1 aromatic carbocycles. The Morgan fingerprint density at radius 2 is 2.35 bits per heavy atom. The Balaban J connectivity index is 1.70. The summed E-state index contributed by atoms with van der Waals surface area (Å²) in [6.45, 7) is 1.17. The number of carbonyl (C=O) groups excluding carboxylic acids is 1.